The molecule has 84 valence electrons. The fourth-order valence-corrected chi connectivity index (χ4v) is 1.41. The Balaban J connectivity index is 3.09. The maximum Gasteiger partial charge on any atom is 0.125 e. The Kier molecular flexibility index (Phi) is 3.94. The molecule has 0 amide bonds. The summed E-state index contributed by atoms with van der Waals surface area (Å²) in [5.74, 6) is 0.791. The first-order valence-electron chi connectivity index (χ1n) is 4.91. The molecule has 4 heteroatoms. The maximum absolute atomic E-state index is 5.88. The van der Waals surface area contributed by atoms with Crippen molar-refractivity contribution in [2.24, 2.45) is 11.5 Å². The predicted octanol–water partition coefficient (Wildman–Crippen LogP) is 0.720. The average molecular weight is 209 g/mol. The van der Waals surface area contributed by atoms with E-state index in [1.54, 1.807) is 7.11 Å². The molecule has 0 heterocycles. The quantitative estimate of drug-likeness (QED) is 0.767. The van der Waals surface area contributed by atoms with E-state index in [0.29, 0.717) is 6.54 Å². The van der Waals surface area contributed by atoms with Crippen LogP contribution in [0.5, 0.6) is 5.75 Å². The third-order valence-electron chi connectivity index (χ3n) is 2.39. The monoisotopic (exact) mass is 209 g/mol. The van der Waals surface area contributed by atoms with Gasteiger partial charge in [0.2, 0.25) is 0 Å². The summed E-state index contributed by atoms with van der Waals surface area (Å²) in [6.45, 7) is 0.414. The molecular weight excluding hydrogens is 190 g/mol. The summed E-state index contributed by atoms with van der Waals surface area (Å²) in [5.41, 5.74) is 13.4. The predicted molar refractivity (Wildman–Crippen MR) is 63.3 cm³/mol. The van der Waals surface area contributed by atoms with Crippen molar-refractivity contribution in [3.63, 3.8) is 0 Å². The van der Waals surface area contributed by atoms with Crippen LogP contribution in [-0.2, 0) is 0 Å². The normalized spacial score (nSPS) is 12.3. The van der Waals surface area contributed by atoms with Gasteiger partial charge in [-0.1, -0.05) is 6.07 Å². The second-order valence-electron chi connectivity index (χ2n) is 3.66. The van der Waals surface area contributed by atoms with Crippen LogP contribution in [0.25, 0.3) is 0 Å². The molecule has 0 saturated carbocycles. The Bertz CT molecular complexity index is 326. The Morgan fingerprint density at radius 2 is 2.07 bits per heavy atom. The van der Waals surface area contributed by atoms with Gasteiger partial charge in [-0.15, -0.1) is 0 Å². The first-order chi connectivity index (χ1) is 7.10. The molecule has 1 atom stereocenters. The summed E-state index contributed by atoms with van der Waals surface area (Å²) in [6.07, 6.45) is 0. The van der Waals surface area contributed by atoms with Gasteiger partial charge in [0.05, 0.1) is 7.11 Å². The number of benzene rings is 1. The van der Waals surface area contributed by atoms with E-state index >= 15 is 0 Å². The van der Waals surface area contributed by atoms with E-state index in [0.717, 1.165) is 17.0 Å². The molecule has 0 bridgehead atoms. The van der Waals surface area contributed by atoms with E-state index in [1.807, 2.05) is 37.2 Å². The second-order valence-corrected chi connectivity index (χ2v) is 3.66. The topological polar surface area (TPSA) is 64.5 Å². The highest BCUT2D eigenvalue weighted by atomic mass is 16.5. The van der Waals surface area contributed by atoms with Crippen LogP contribution in [-0.4, -0.2) is 27.7 Å². The van der Waals surface area contributed by atoms with Gasteiger partial charge in [0.25, 0.3) is 0 Å². The van der Waals surface area contributed by atoms with Gasteiger partial charge in [0.15, 0.2) is 0 Å². The van der Waals surface area contributed by atoms with Crippen LogP contribution in [0.4, 0.5) is 5.69 Å². The molecule has 0 unspecified atom stereocenters. The molecule has 4 nitrogen and oxygen atoms in total. The molecular formula is C11H19N3O. The molecule has 0 spiro atoms. The lowest BCUT2D eigenvalue weighted by Gasteiger charge is -2.18. The Morgan fingerprint density at radius 1 is 1.40 bits per heavy atom. The summed E-state index contributed by atoms with van der Waals surface area (Å²) in [6, 6.07) is 5.76. The zero-order valence-electron chi connectivity index (χ0n) is 9.53. The highest BCUT2D eigenvalue weighted by Crippen LogP contribution is 2.27. The molecule has 1 aromatic carbocycles. The van der Waals surface area contributed by atoms with E-state index in [9.17, 15) is 0 Å². The van der Waals surface area contributed by atoms with Crippen LogP contribution in [0.2, 0.25) is 0 Å². The number of ether oxygens (including phenoxy) is 1. The van der Waals surface area contributed by atoms with Crippen molar-refractivity contribution in [3.8, 4) is 5.75 Å². The zero-order chi connectivity index (χ0) is 11.4. The number of hydrogen-bond donors (Lipinski definition) is 2. The SMILES string of the molecule is COc1cc(N(C)C)ccc1[C@H](N)CN. The third-order valence-corrected chi connectivity index (χ3v) is 2.39. The van der Waals surface area contributed by atoms with Gasteiger partial charge < -0.3 is 21.1 Å². The van der Waals surface area contributed by atoms with Crippen molar-refractivity contribution < 1.29 is 4.74 Å². The minimum Gasteiger partial charge on any atom is -0.496 e. The first kappa shape index (κ1) is 11.8. The molecule has 1 aromatic rings. The Labute approximate surface area is 90.8 Å². The van der Waals surface area contributed by atoms with E-state index < -0.39 is 0 Å². The number of anilines is 1. The van der Waals surface area contributed by atoms with Gasteiger partial charge in [-0.2, -0.15) is 0 Å². The van der Waals surface area contributed by atoms with Crippen molar-refractivity contribution in [1.82, 2.24) is 0 Å². The van der Waals surface area contributed by atoms with Crippen molar-refractivity contribution in [3.05, 3.63) is 23.8 Å². The van der Waals surface area contributed by atoms with E-state index in [1.165, 1.54) is 0 Å². The van der Waals surface area contributed by atoms with Crippen molar-refractivity contribution in [2.45, 2.75) is 6.04 Å². The molecule has 0 aliphatic rings. The standard InChI is InChI=1S/C11H19N3O/c1-14(2)8-4-5-9(10(13)7-12)11(6-8)15-3/h4-6,10H,7,12-13H2,1-3H3/t10-/m1/s1. The van der Waals surface area contributed by atoms with E-state index in [-0.39, 0.29) is 6.04 Å². The number of nitrogens with two attached hydrogens (primary N) is 2. The molecule has 15 heavy (non-hydrogen) atoms. The number of methoxy groups -OCH3 is 1. The zero-order valence-corrected chi connectivity index (χ0v) is 9.53. The van der Waals surface area contributed by atoms with Crippen molar-refractivity contribution >= 4 is 5.69 Å². The number of hydrogen-bond acceptors (Lipinski definition) is 4. The summed E-state index contributed by atoms with van der Waals surface area (Å²) < 4.78 is 5.30. The third kappa shape index (κ3) is 2.61. The highest BCUT2D eigenvalue weighted by Gasteiger charge is 2.11. The minimum atomic E-state index is -0.170. The lowest BCUT2D eigenvalue weighted by Crippen LogP contribution is -2.21. The van der Waals surface area contributed by atoms with Crippen molar-refractivity contribution in [1.29, 1.82) is 0 Å². The Hall–Kier alpha value is -1.26. The van der Waals surface area contributed by atoms with E-state index in [2.05, 4.69) is 0 Å². The summed E-state index contributed by atoms with van der Waals surface area (Å²) in [7, 11) is 5.61. The van der Waals surface area contributed by atoms with Crippen LogP contribution in [0.15, 0.2) is 18.2 Å². The van der Waals surface area contributed by atoms with Gasteiger partial charge in [-0.3, -0.25) is 0 Å². The second kappa shape index (κ2) is 5.00. The fraction of sp³-hybridized carbons (Fsp3) is 0.455. The van der Waals surface area contributed by atoms with Gasteiger partial charge in [0.1, 0.15) is 5.75 Å². The summed E-state index contributed by atoms with van der Waals surface area (Å²) in [4.78, 5) is 2.01. The van der Waals surface area contributed by atoms with E-state index in [4.69, 9.17) is 16.2 Å². The summed E-state index contributed by atoms with van der Waals surface area (Å²) >= 11 is 0. The van der Waals surface area contributed by atoms with Crippen LogP contribution < -0.4 is 21.1 Å². The number of nitrogens with zero attached hydrogens (tertiary/aromatic N) is 1. The molecule has 1 rings (SSSR count). The highest BCUT2D eigenvalue weighted by molar-refractivity contribution is 5.53. The number of rotatable bonds is 4. The molecule has 0 radical (unpaired) electrons. The van der Waals surface area contributed by atoms with Gasteiger partial charge >= 0.3 is 0 Å². The lowest BCUT2D eigenvalue weighted by atomic mass is 10.1. The van der Waals surface area contributed by atoms with Crippen LogP contribution in [0.1, 0.15) is 11.6 Å². The molecule has 0 saturated heterocycles. The molecule has 0 aliphatic heterocycles. The molecule has 0 aromatic heterocycles. The summed E-state index contributed by atoms with van der Waals surface area (Å²) in [5, 5.41) is 0. The van der Waals surface area contributed by atoms with Crippen LogP contribution in [0, 0.1) is 0 Å². The van der Waals surface area contributed by atoms with Crippen LogP contribution in [0.3, 0.4) is 0 Å². The van der Waals surface area contributed by atoms with Crippen molar-refractivity contribution in [2.75, 3.05) is 32.6 Å². The average Bonchev–Trinajstić information content (AvgIpc) is 2.27. The Morgan fingerprint density at radius 3 is 2.53 bits per heavy atom. The maximum atomic E-state index is 5.88. The molecule has 0 fully saturated rings. The largest absolute Gasteiger partial charge is 0.496 e. The smallest absolute Gasteiger partial charge is 0.125 e. The van der Waals surface area contributed by atoms with Gasteiger partial charge in [-0.25, -0.2) is 0 Å². The molecule has 0 aliphatic carbocycles. The lowest BCUT2D eigenvalue weighted by molar-refractivity contribution is 0.406. The van der Waals surface area contributed by atoms with Crippen LogP contribution >= 0.6 is 0 Å². The molecule has 4 N–H and O–H groups in total. The fourth-order valence-electron chi connectivity index (χ4n) is 1.41. The van der Waals surface area contributed by atoms with Gasteiger partial charge in [-0.05, 0) is 6.07 Å². The minimum absolute atomic E-state index is 0.170. The first-order valence-corrected chi connectivity index (χ1v) is 4.91. The van der Waals surface area contributed by atoms with Gasteiger partial charge in [0, 0.05) is 44.0 Å².